The van der Waals surface area contributed by atoms with Crippen LogP contribution in [0.5, 0.6) is 0 Å². The molecule has 246 valence electrons. The molecule has 0 aliphatic heterocycles. The van der Waals surface area contributed by atoms with Crippen molar-refractivity contribution in [3.05, 3.63) is 0 Å². The highest BCUT2D eigenvalue weighted by Crippen LogP contribution is 2.02. The molecule has 2 unspecified atom stereocenters. The van der Waals surface area contributed by atoms with Crippen molar-refractivity contribution in [2.24, 2.45) is 0 Å². The zero-order valence-corrected chi connectivity index (χ0v) is 24.4. The summed E-state index contributed by atoms with van der Waals surface area (Å²) in [4.78, 5) is 80.5. The molecule has 0 radical (unpaired) electrons. The molecule has 18 heteroatoms. The van der Waals surface area contributed by atoms with Gasteiger partial charge in [0.2, 0.25) is 0 Å². The van der Waals surface area contributed by atoms with Gasteiger partial charge in [0.15, 0.2) is 19.8 Å². The highest BCUT2D eigenvalue weighted by Gasteiger charge is 2.21. The summed E-state index contributed by atoms with van der Waals surface area (Å²) in [5.41, 5.74) is 0. The molecule has 0 bridgehead atoms. The maximum atomic E-state index is 11.9. The number of alkyl carbamates (subject to hydrolysis) is 2. The van der Waals surface area contributed by atoms with Crippen LogP contribution in [0.2, 0.25) is 0 Å². The molecule has 0 aromatic rings. The quantitative estimate of drug-likeness (QED) is 0.0751. The summed E-state index contributed by atoms with van der Waals surface area (Å²) in [6, 6.07) is -1.31. The molecule has 3 N–H and O–H groups in total. The second kappa shape index (κ2) is 24.4. The van der Waals surface area contributed by atoms with E-state index in [1.807, 2.05) is 0 Å². The molecule has 0 saturated carbocycles. The fourth-order valence-electron chi connectivity index (χ4n) is 2.68. The van der Waals surface area contributed by atoms with Crippen LogP contribution in [0.15, 0.2) is 0 Å². The van der Waals surface area contributed by atoms with Crippen LogP contribution in [0, 0.1) is 0 Å². The number of carbonyl (C=O) groups is 7. The van der Waals surface area contributed by atoms with Crippen LogP contribution in [0.25, 0.3) is 0 Å². The van der Waals surface area contributed by atoms with E-state index in [2.05, 4.69) is 29.6 Å². The van der Waals surface area contributed by atoms with Crippen LogP contribution in [0.1, 0.15) is 39.0 Å². The monoisotopic (exact) mass is 624 g/mol. The largest absolute Gasteiger partial charge is 0.480 e. The summed E-state index contributed by atoms with van der Waals surface area (Å²) in [5.74, 6) is -4.74. The molecule has 0 aromatic heterocycles. The van der Waals surface area contributed by atoms with Crippen molar-refractivity contribution in [2.45, 2.75) is 51.2 Å². The van der Waals surface area contributed by atoms with Gasteiger partial charge in [0.1, 0.15) is 19.3 Å². The van der Waals surface area contributed by atoms with Gasteiger partial charge in [0.25, 0.3) is 0 Å². The first kappa shape index (κ1) is 38.8. The molecular weight excluding hydrogens is 584 g/mol. The molecular formula is C25H40N2O16. The van der Waals surface area contributed by atoms with Gasteiger partial charge < -0.3 is 53.6 Å². The lowest BCUT2D eigenvalue weighted by molar-refractivity contribution is -0.161. The summed E-state index contributed by atoms with van der Waals surface area (Å²) in [5, 5.41) is 13.9. The number of rotatable bonds is 23. The Morgan fingerprint density at radius 1 is 0.651 bits per heavy atom. The Hall–Kier alpha value is -4.19. The highest BCUT2D eigenvalue weighted by molar-refractivity contribution is 5.82. The predicted molar refractivity (Wildman–Crippen MR) is 141 cm³/mol. The van der Waals surface area contributed by atoms with Crippen molar-refractivity contribution in [1.82, 2.24) is 10.6 Å². The van der Waals surface area contributed by atoms with Crippen LogP contribution >= 0.6 is 0 Å². The van der Waals surface area contributed by atoms with Gasteiger partial charge in [-0.25, -0.2) is 33.6 Å². The number of nitrogens with one attached hydrogen (secondary N) is 2. The van der Waals surface area contributed by atoms with E-state index in [4.69, 9.17) is 18.9 Å². The lowest BCUT2D eigenvalue weighted by atomic mass is 10.1. The minimum Gasteiger partial charge on any atom is -0.480 e. The fourth-order valence-corrected chi connectivity index (χ4v) is 2.68. The third kappa shape index (κ3) is 23.1. The first-order valence-corrected chi connectivity index (χ1v) is 13.2. The normalized spacial score (nSPS) is 11.7. The number of hydrogen-bond donors (Lipinski definition) is 3. The molecule has 2 amide bonds. The molecule has 0 aliphatic rings. The number of unbranched alkanes of at least 4 members (excludes halogenated alkanes) is 2. The Morgan fingerprint density at radius 2 is 1.19 bits per heavy atom. The number of esters is 4. The minimum absolute atomic E-state index is 0.00187. The lowest BCUT2D eigenvalue weighted by Crippen LogP contribution is -2.41. The fraction of sp³-hybridized carbons (Fsp3) is 0.720. The Kier molecular flexibility index (Phi) is 22.0. The van der Waals surface area contributed by atoms with Crippen molar-refractivity contribution < 1.29 is 76.6 Å². The number of methoxy groups -OCH3 is 2. The average Bonchev–Trinajstić information content (AvgIpc) is 2.97. The van der Waals surface area contributed by atoms with Gasteiger partial charge in [0.05, 0.1) is 19.3 Å². The predicted octanol–water partition coefficient (Wildman–Crippen LogP) is -0.303. The summed E-state index contributed by atoms with van der Waals surface area (Å²) in [6.45, 7) is -0.513. The number of aliphatic carboxylic acids is 1. The minimum atomic E-state index is -1.33. The first-order chi connectivity index (χ1) is 20.5. The number of amides is 2. The van der Waals surface area contributed by atoms with E-state index in [9.17, 15) is 38.7 Å². The van der Waals surface area contributed by atoms with Gasteiger partial charge >= 0.3 is 42.0 Å². The van der Waals surface area contributed by atoms with Crippen molar-refractivity contribution in [2.75, 3.05) is 67.0 Å². The third-order valence-electron chi connectivity index (χ3n) is 4.98. The SMILES string of the molecule is COCC(=O)OCC(=O)OCCCCOC(=O)COC(=O)COC(=O)NC(CCCCNC(=O)OCC(C)OC)C(=O)O. The molecule has 0 heterocycles. The van der Waals surface area contributed by atoms with Gasteiger partial charge in [-0.05, 0) is 39.0 Å². The number of carboxylic acids is 1. The number of carboxylic acid groups (broad SMARTS) is 1. The smallest absolute Gasteiger partial charge is 0.408 e. The molecule has 0 fully saturated rings. The van der Waals surface area contributed by atoms with E-state index < -0.39 is 67.9 Å². The Balaban J connectivity index is 3.97. The Bertz CT molecular complexity index is 896. The van der Waals surface area contributed by atoms with Gasteiger partial charge in [-0.15, -0.1) is 0 Å². The highest BCUT2D eigenvalue weighted by atomic mass is 16.6. The molecule has 0 aromatic carbocycles. The standard InChI is InChI=1S/C25H40N2O16/c1-17(37-3)12-42-24(34)26-9-5-4-8-18(23(32)33)27-25(35)43-16-22(31)41-15-21(30)39-11-7-6-10-38-20(29)14-40-19(28)13-36-2/h17-18H,4-16H2,1-3H3,(H,26,34)(H,27,35)(H,32,33). The number of carbonyl (C=O) groups excluding carboxylic acids is 6. The van der Waals surface area contributed by atoms with Crippen LogP contribution in [0.3, 0.4) is 0 Å². The number of ether oxygens (including phenoxy) is 8. The van der Waals surface area contributed by atoms with Crippen LogP contribution in [-0.2, 0) is 61.9 Å². The van der Waals surface area contributed by atoms with Crippen LogP contribution in [0.4, 0.5) is 9.59 Å². The van der Waals surface area contributed by atoms with E-state index in [0.717, 1.165) is 0 Å². The van der Waals surface area contributed by atoms with E-state index in [1.54, 1.807) is 6.92 Å². The Morgan fingerprint density at radius 3 is 1.72 bits per heavy atom. The summed E-state index contributed by atoms with van der Waals surface area (Å²) in [6.07, 6.45) is -0.673. The molecule has 0 aliphatic carbocycles. The van der Waals surface area contributed by atoms with Crippen molar-refractivity contribution >= 4 is 42.0 Å². The maximum Gasteiger partial charge on any atom is 0.408 e. The summed E-state index contributed by atoms with van der Waals surface area (Å²) < 4.78 is 37.9. The van der Waals surface area contributed by atoms with E-state index >= 15 is 0 Å². The van der Waals surface area contributed by atoms with Crippen molar-refractivity contribution in [1.29, 1.82) is 0 Å². The van der Waals surface area contributed by atoms with Gasteiger partial charge in [-0.2, -0.15) is 0 Å². The summed E-state index contributed by atoms with van der Waals surface area (Å²) >= 11 is 0. The molecule has 0 rings (SSSR count). The van der Waals surface area contributed by atoms with Crippen molar-refractivity contribution in [3.8, 4) is 0 Å². The number of hydrogen-bond acceptors (Lipinski definition) is 15. The molecule has 0 spiro atoms. The summed E-state index contributed by atoms with van der Waals surface area (Å²) in [7, 11) is 2.78. The molecule has 0 saturated heterocycles. The second-order valence-corrected chi connectivity index (χ2v) is 8.58. The topological polar surface area (TPSA) is 238 Å². The first-order valence-electron chi connectivity index (χ1n) is 13.2. The van der Waals surface area contributed by atoms with Crippen LogP contribution in [-0.4, -0.2) is 126 Å². The lowest BCUT2D eigenvalue weighted by Gasteiger charge is -2.14. The zero-order chi connectivity index (χ0) is 32.5. The maximum absolute atomic E-state index is 11.9. The van der Waals surface area contributed by atoms with Crippen molar-refractivity contribution in [3.63, 3.8) is 0 Å². The van der Waals surface area contributed by atoms with Gasteiger partial charge in [0, 0.05) is 20.8 Å². The molecule has 18 nitrogen and oxygen atoms in total. The Labute approximate surface area is 247 Å². The molecule has 2 atom stereocenters. The van der Waals surface area contributed by atoms with E-state index in [-0.39, 0.29) is 45.5 Å². The van der Waals surface area contributed by atoms with Crippen LogP contribution < -0.4 is 10.6 Å². The third-order valence-corrected chi connectivity index (χ3v) is 4.98. The average molecular weight is 625 g/mol. The van der Waals surface area contributed by atoms with Gasteiger partial charge in [-0.3, -0.25) is 0 Å². The van der Waals surface area contributed by atoms with Gasteiger partial charge in [-0.1, -0.05) is 0 Å². The molecule has 43 heavy (non-hydrogen) atoms. The zero-order valence-electron chi connectivity index (χ0n) is 24.4. The second-order valence-electron chi connectivity index (χ2n) is 8.58. The van der Waals surface area contributed by atoms with E-state index in [1.165, 1.54) is 14.2 Å². The van der Waals surface area contributed by atoms with E-state index in [0.29, 0.717) is 25.7 Å².